The highest BCUT2D eigenvalue weighted by molar-refractivity contribution is 5.95. The van der Waals surface area contributed by atoms with Gasteiger partial charge in [0.15, 0.2) is 5.76 Å². The molecule has 1 rings (SSSR count). The molecule has 1 aromatic heterocycles. The van der Waals surface area contributed by atoms with Crippen LogP contribution in [0, 0.1) is 18.8 Å². The minimum absolute atomic E-state index is 0.00981. The Morgan fingerprint density at radius 2 is 2.14 bits per heavy atom. The van der Waals surface area contributed by atoms with E-state index in [1.165, 1.54) is 0 Å². The number of hydrogen-bond donors (Lipinski definition) is 1. The third kappa shape index (κ3) is 2.23. The van der Waals surface area contributed by atoms with Gasteiger partial charge < -0.3 is 10.2 Å². The fourth-order valence-electron chi connectivity index (χ4n) is 1.43. The summed E-state index contributed by atoms with van der Waals surface area (Å²) in [5, 5.41) is 0. The minimum atomic E-state index is -0.138. The topological polar surface area (TPSA) is 56.2 Å². The largest absolute Gasteiger partial charge is 0.458 e. The van der Waals surface area contributed by atoms with Gasteiger partial charge in [0.05, 0.1) is 0 Å². The van der Waals surface area contributed by atoms with Gasteiger partial charge in [0.1, 0.15) is 5.76 Å². The molecule has 1 atom stereocenters. The van der Waals surface area contributed by atoms with Crippen LogP contribution in [-0.2, 0) is 0 Å². The number of carbonyl (C=O) groups is 1. The fraction of sp³-hybridized carbons (Fsp3) is 0.545. The van der Waals surface area contributed by atoms with E-state index in [2.05, 4.69) is 0 Å². The Morgan fingerprint density at radius 3 is 2.50 bits per heavy atom. The second-order valence-corrected chi connectivity index (χ2v) is 3.86. The molecule has 0 aromatic carbocycles. The number of ketones is 1. The molecule has 0 radical (unpaired) electrons. The first-order chi connectivity index (χ1) is 6.56. The van der Waals surface area contributed by atoms with Crippen molar-refractivity contribution in [3.05, 3.63) is 23.7 Å². The van der Waals surface area contributed by atoms with Gasteiger partial charge in [-0.3, -0.25) is 4.79 Å². The van der Waals surface area contributed by atoms with Gasteiger partial charge in [0.2, 0.25) is 5.78 Å². The van der Waals surface area contributed by atoms with E-state index in [4.69, 9.17) is 10.2 Å². The highest BCUT2D eigenvalue weighted by Crippen LogP contribution is 2.17. The van der Waals surface area contributed by atoms with Gasteiger partial charge in [-0.1, -0.05) is 13.8 Å². The van der Waals surface area contributed by atoms with Crippen LogP contribution in [-0.4, -0.2) is 12.3 Å². The maximum Gasteiger partial charge on any atom is 0.202 e. The zero-order valence-electron chi connectivity index (χ0n) is 8.91. The van der Waals surface area contributed by atoms with Crippen molar-refractivity contribution in [2.45, 2.75) is 20.8 Å². The summed E-state index contributed by atoms with van der Waals surface area (Å²) < 4.78 is 5.27. The van der Waals surface area contributed by atoms with E-state index in [1.807, 2.05) is 20.8 Å². The molecule has 14 heavy (non-hydrogen) atoms. The van der Waals surface area contributed by atoms with Crippen LogP contribution in [0.3, 0.4) is 0 Å². The predicted octanol–water partition coefficient (Wildman–Crippen LogP) is 2.00. The molecule has 0 aliphatic carbocycles. The Labute approximate surface area is 84.3 Å². The van der Waals surface area contributed by atoms with Crippen LogP contribution < -0.4 is 5.73 Å². The summed E-state index contributed by atoms with van der Waals surface area (Å²) in [7, 11) is 0. The summed E-state index contributed by atoms with van der Waals surface area (Å²) in [6.45, 7) is 6.18. The average molecular weight is 195 g/mol. The van der Waals surface area contributed by atoms with E-state index in [0.29, 0.717) is 12.3 Å². The smallest absolute Gasteiger partial charge is 0.202 e. The molecule has 1 heterocycles. The van der Waals surface area contributed by atoms with Crippen molar-refractivity contribution < 1.29 is 9.21 Å². The van der Waals surface area contributed by atoms with E-state index in [1.54, 1.807) is 12.1 Å². The standard InChI is InChI=1S/C11H17NO2/c1-7(2)9(6-12)11(13)10-5-4-8(3)14-10/h4-5,7,9H,6,12H2,1-3H3. The van der Waals surface area contributed by atoms with Gasteiger partial charge in [0, 0.05) is 12.5 Å². The molecule has 1 unspecified atom stereocenters. The van der Waals surface area contributed by atoms with Crippen LogP contribution in [0.2, 0.25) is 0 Å². The summed E-state index contributed by atoms with van der Waals surface area (Å²) in [4.78, 5) is 11.9. The van der Waals surface area contributed by atoms with E-state index in [9.17, 15) is 4.79 Å². The van der Waals surface area contributed by atoms with Crippen LogP contribution in [0.15, 0.2) is 16.5 Å². The molecular formula is C11H17NO2. The first kappa shape index (κ1) is 11.0. The Morgan fingerprint density at radius 1 is 1.50 bits per heavy atom. The monoisotopic (exact) mass is 195 g/mol. The number of furan rings is 1. The molecule has 3 nitrogen and oxygen atoms in total. The van der Waals surface area contributed by atoms with Crippen molar-refractivity contribution in [1.82, 2.24) is 0 Å². The lowest BCUT2D eigenvalue weighted by molar-refractivity contribution is 0.0862. The number of aryl methyl sites for hydroxylation is 1. The second-order valence-electron chi connectivity index (χ2n) is 3.86. The predicted molar refractivity (Wildman–Crippen MR) is 55.2 cm³/mol. The van der Waals surface area contributed by atoms with Gasteiger partial charge in [-0.25, -0.2) is 0 Å². The number of hydrogen-bond acceptors (Lipinski definition) is 3. The number of nitrogens with two attached hydrogens (primary N) is 1. The lowest BCUT2D eigenvalue weighted by atomic mass is 9.90. The highest BCUT2D eigenvalue weighted by Gasteiger charge is 2.24. The molecule has 78 valence electrons. The molecule has 0 saturated carbocycles. The molecule has 0 saturated heterocycles. The maximum absolute atomic E-state index is 11.9. The van der Waals surface area contributed by atoms with Crippen molar-refractivity contribution in [2.24, 2.45) is 17.6 Å². The quantitative estimate of drug-likeness (QED) is 0.747. The van der Waals surface area contributed by atoms with Gasteiger partial charge >= 0.3 is 0 Å². The van der Waals surface area contributed by atoms with Crippen molar-refractivity contribution in [2.75, 3.05) is 6.54 Å². The third-order valence-electron chi connectivity index (χ3n) is 2.38. The molecule has 1 aromatic rings. The van der Waals surface area contributed by atoms with Crippen LogP contribution in [0.5, 0.6) is 0 Å². The van der Waals surface area contributed by atoms with Crippen LogP contribution >= 0.6 is 0 Å². The van der Waals surface area contributed by atoms with Crippen LogP contribution in [0.1, 0.15) is 30.2 Å². The molecule has 0 spiro atoms. The van der Waals surface area contributed by atoms with Crippen LogP contribution in [0.4, 0.5) is 0 Å². The molecule has 0 fully saturated rings. The van der Waals surface area contributed by atoms with E-state index < -0.39 is 0 Å². The summed E-state index contributed by atoms with van der Waals surface area (Å²) in [5.74, 6) is 1.30. The average Bonchev–Trinajstić information content (AvgIpc) is 2.52. The number of carbonyl (C=O) groups excluding carboxylic acids is 1. The Kier molecular flexibility index (Phi) is 3.47. The van der Waals surface area contributed by atoms with E-state index >= 15 is 0 Å². The summed E-state index contributed by atoms with van der Waals surface area (Å²) in [6, 6.07) is 3.50. The minimum Gasteiger partial charge on any atom is -0.458 e. The van der Waals surface area contributed by atoms with Crippen molar-refractivity contribution >= 4 is 5.78 Å². The molecule has 2 N–H and O–H groups in total. The SMILES string of the molecule is Cc1ccc(C(=O)C(CN)C(C)C)o1. The van der Waals surface area contributed by atoms with Crippen molar-refractivity contribution in [3.63, 3.8) is 0 Å². The molecule has 0 aliphatic heterocycles. The maximum atomic E-state index is 11.9. The van der Waals surface area contributed by atoms with Crippen molar-refractivity contribution in [1.29, 1.82) is 0 Å². The lowest BCUT2D eigenvalue weighted by Gasteiger charge is -2.15. The van der Waals surface area contributed by atoms with Gasteiger partial charge in [-0.05, 0) is 25.0 Å². The highest BCUT2D eigenvalue weighted by atomic mass is 16.3. The summed E-state index contributed by atoms with van der Waals surface area (Å²) >= 11 is 0. The first-order valence-corrected chi connectivity index (χ1v) is 4.87. The summed E-state index contributed by atoms with van der Waals surface area (Å²) in [6.07, 6.45) is 0. The Hall–Kier alpha value is -1.09. The zero-order chi connectivity index (χ0) is 10.7. The Bertz CT molecular complexity index is 315. The van der Waals surface area contributed by atoms with Gasteiger partial charge in [-0.2, -0.15) is 0 Å². The summed E-state index contributed by atoms with van der Waals surface area (Å²) in [5.41, 5.74) is 5.56. The number of Topliss-reactive ketones (excluding diaryl/α,β-unsaturated/α-hetero) is 1. The van der Waals surface area contributed by atoms with E-state index in [-0.39, 0.29) is 17.6 Å². The van der Waals surface area contributed by atoms with Crippen molar-refractivity contribution in [3.8, 4) is 0 Å². The Balaban J connectivity index is 2.83. The number of rotatable bonds is 4. The third-order valence-corrected chi connectivity index (χ3v) is 2.38. The van der Waals surface area contributed by atoms with E-state index in [0.717, 1.165) is 5.76 Å². The zero-order valence-corrected chi connectivity index (χ0v) is 8.91. The molecule has 3 heteroatoms. The van der Waals surface area contributed by atoms with Crippen LogP contribution in [0.25, 0.3) is 0 Å². The first-order valence-electron chi connectivity index (χ1n) is 4.87. The molecule has 0 aliphatic rings. The van der Waals surface area contributed by atoms with Gasteiger partial charge in [-0.15, -0.1) is 0 Å². The molecule has 0 amide bonds. The molecular weight excluding hydrogens is 178 g/mol. The molecule has 0 bridgehead atoms. The fourth-order valence-corrected chi connectivity index (χ4v) is 1.43. The second kappa shape index (κ2) is 4.42. The van der Waals surface area contributed by atoms with Gasteiger partial charge in [0.25, 0.3) is 0 Å². The lowest BCUT2D eigenvalue weighted by Crippen LogP contribution is -2.28. The normalized spacial score (nSPS) is 13.2.